The molecule has 1 N–H and O–H groups in total. The molecule has 6 rings (SSSR count). The van der Waals surface area contributed by atoms with Crippen molar-refractivity contribution in [2.45, 2.75) is 31.2 Å². The van der Waals surface area contributed by atoms with E-state index in [-0.39, 0.29) is 12.3 Å². The SMILES string of the molecule is COCCN(C)C1CCN(C(c2cc3ncncc3s2)N2CCOC(c3cccc4[nH]ccc34)C2)CC1. The van der Waals surface area contributed by atoms with Crippen LogP contribution < -0.4 is 0 Å². The molecular formula is C28H36N6O2S. The number of morpholine rings is 1. The van der Waals surface area contributed by atoms with Crippen LogP contribution in [0, 0.1) is 0 Å². The Labute approximate surface area is 222 Å². The third-order valence-corrected chi connectivity index (χ3v) is 9.10. The zero-order chi connectivity index (χ0) is 25.2. The Morgan fingerprint density at radius 1 is 1.22 bits per heavy atom. The molecule has 2 fully saturated rings. The number of aromatic nitrogens is 3. The molecular weight excluding hydrogens is 484 g/mol. The van der Waals surface area contributed by atoms with E-state index in [0.717, 1.165) is 74.5 Å². The van der Waals surface area contributed by atoms with Crippen LogP contribution in [0.1, 0.15) is 35.6 Å². The number of aromatic amines is 1. The number of thiophene rings is 1. The molecule has 37 heavy (non-hydrogen) atoms. The summed E-state index contributed by atoms with van der Waals surface area (Å²) in [5.74, 6) is 0. The molecule has 2 unspecified atom stereocenters. The predicted molar refractivity (Wildman–Crippen MR) is 148 cm³/mol. The smallest absolute Gasteiger partial charge is 0.116 e. The lowest BCUT2D eigenvalue weighted by molar-refractivity contribution is -0.0830. The largest absolute Gasteiger partial charge is 0.383 e. The molecule has 5 heterocycles. The van der Waals surface area contributed by atoms with Crippen LogP contribution in [0.15, 0.2) is 49.1 Å². The first-order chi connectivity index (χ1) is 18.2. The predicted octanol–water partition coefficient (Wildman–Crippen LogP) is 4.29. The van der Waals surface area contributed by atoms with Crippen molar-refractivity contribution in [3.05, 3.63) is 59.5 Å². The van der Waals surface area contributed by atoms with E-state index in [9.17, 15) is 0 Å². The Morgan fingerprint density at radius 2 is 2.11 bits per heavy atom. The van der Waals surface area contributed by atoms with Gasteiger partial charge in [-0.3, -0.25) is 9.80 Å². The minimum Gasteiger partial charge on any atom is -0.383 e. The van der Waals surface area contributed by atoms with Gasteiger partial charge in [-0.15, -0.1) is 11.3 Å². The Bertz CT molecular complexity index is 1280. The first-order valence-electron chi connectivity index (χ1n) is 13.3. The van der Waals surface area contributed by atoms with Crippen LogP contribution in [-0.4, -0.2) is 95.8 Å². The fourth-order valence-electron chi connectivity index (χ4n) is 5.98. The maximum atomic E-state index is 6.38. The first-order valence-corrected chi connectivity index (χ1v) is 14.1. The molecule has 3 aromatic heterocycles. The van der Waals surface area contributed by atoms with Crippen LogP contribution in [0.4, 0.5) is 0 Å². The van der Waals surface area contributed by atoms with Gasteiger partial charge in [0.1, 0.15) is 6.33 Å². The number of piperidine rings is 1. The maximum Gasteiger partial charge on any atom is 0.116 e. The molecule has 196 valence electrons. The molecule has 8 nitrogen and oxygen atoms in total. The van der Waals surface area contributed by atoms with Crippen LogP contribution in [0.2, 0.25) is 0 Å². The molecule has 0 spiro atoms. The first kappa shape index (κ1) is 24.9. The summed E-state index contributed by atoms with van der Waals surface area (Å²) in [6, 6.07) is 11.5. The maximum absolute atomic E-state index is 6.38. The van der Waals surface area contributed by atoms with E-state index in [1.165, 1.54) is 15.8 Å². The van der Waals surface area contributed by atoms with Gasteiger partial charge in [0.15, 0.2) is 0 Å². The molecule has 0 radical (unpaired) electrons. The molecule has 2 saturated heterocycles. The number of hydrogen-bond acceptors (Lipinski definition) is 8. The summed E-state index contributed by atoms with van der Waals surface area (Å²) in [5, 5.41) is 1.25. The molecule has 2 aliphatic rings. The summed E-state index contributed by atoms with van der Waals surface area (Å²) in [7, 11) is 4.01. The number of nitrogens with zero attached hydrogens (tertiary/aromatic N) is 5. The van der Waals surface area contributed by atoms with Crippen molar-refractivity contribution < 1.29 is 9.47 Å². The van der Waals surface area contributed by atoms with Crippen molar-refractivity contribution in [2.24, 2.45) is 0 Å². The van der Waals surface area contributed by atoms with E-state index in [1.54, 1.807) is 13.4 Å². The van der Waals surface area contributed by atoms with E-state index in [0.29, 0.717) is 6.04 Å². The van der Waals surface area contributed by atoms with Gasteiger partial charge < -0.3 is 19.4 Å². The summed E-state index contributed by atoms with van der Waals surface area (Å²) >= 11 is 1.83. The van der Waals surface area contributed by atoms with Crippen molar-refractivity contribution in [1.29, 1.82) is 0 Å². The van der Waals surface area contributed by atoms with Crippen molar-refractivity contribution in [3.63, 3.8) is 0 Å². The minimum absolute atomic E-state index is 0.0441. The number of likely N-dealkylation sites (N-methyl/N-ethyl adjacent to an activating group) is 1. The second kappa shape index (κ2) is 11.1. The van der Waals surface area contributed by atoms with Gasteiger partial charge in [0, 0.05) is 74.0 Å². The zero-order valence-corrected chi connectivity index (χ0v) is 22.5. The average molecular weight is 521 g/mol. The third kappa shape index (κ3) is 5.16. The van der Waals surface area contributed by atoms with Gasteiger partial charge in [0.05, 0.1) is 35.7 Å². The van der Waals surface area contributed by atoms with Gasteiger partial charge in [-0.1, -0.05) is 12.1 Å². The van der Waals surface area contributed by atoms with Crippen LogP contribution in [0.5, 0.6) is 0 Å². The molecule has 0 aliphatic carbocycles. The van der Waals surface area contributed by atoms with E-state index in [2.05, 4.69) is 67.0 Å². The van der Waals surface area contributed by atoms with E-state index in [1.807, 2.05) is 23.7 Å². The fourth-order valence-corrected chi connectivity index (χ4v) is 7.14. The Morgan fingerprint density at radius 3 is 2.95 bits per heavy atom. The highest BCUT2D eigenvalue weighted by Gasteiger charge is 2.36. The molecule has 9 heteroatoms. The monoisotopic (exact) mass is 520 g/mol. The summed E-state index contributed by atoms with van der Waals surface area (Å²) in [6.45, 7) is 6.41. The van der Waals surface area contributed by atoms with Gasteiger partial charge in [0.25, 0.3) is 0 Å². The topological polar surface area (TPSA) is 69.8 Å². The lowest BCUT2D eigenvalue weighted by Crippen LogP contribution is -2.51. The number of hydrogen-bond donors (Lipinski definition) is 1. The van der Waals surface area contributed by atoms with Crippen molar-refractivity contribution in [1.82, 2.24) is 29.7 Å². The molecule has 0 bridgehead atoms. The second-order valence-electron chi connectivity index (χ2n) is 10.2. The summed E-state index contributed by atoms with van der Waals surface area (Å²) < 4.78 is 12.8. The number of likely N-dealkylation sites (tertiary alicyclic amines) is 1. The van der Waals surface area contributed by atoms with Crippen LogP contribution in [0.3, 0.4) is 0 Å². The second-order valence-corrected chi connectivity index (χ2v) is 11.3. The highest BCUT2D eigenvalue weighted by molar-refractivity contribution is 7.19. The van der Waals surface area contributed by atoms with Crippen LogP contribution >= 0.6 is 11.3 Å². The zero-order valence-electron chi connectivity index (χ0n) is 21.7. The van der Waals surface area contributed by atoms with Gasteiger partial charge >= 0.3 is 0 Å². The fraction of sp³-hybridized carbons (Fsp3) is 0.500. The molecule has 4 aromatic rings. The number of H-pyrrole nitrogens is 1. The Balaban J connectivity index is 1.26. The molecule has 2 aliphatic heterocycles. The van der Waals surface area contributed by atoms with Gasteiger partial charge in [0.2, 0.25) is 0 Å². The van der Waals surface area contributed by atoms with Gasteiger partial charge in [-0.25, -0.2) is 9.97 Å². The number of nitrogens with one attached hydrogen (secondary N) is 1. The lowest BCUT2D eigenvalue weighted by Gasteiger charge is -2.46. The third-order valence-electron chi connectivity index (χ3n) is 8.00. The van der Waals surface area contributed by atoms with Gasteiger partial charge in [-0.2, -0.15) is 0 Å². The number of rotatable bonds is 8. The highest BCUT2D eigenvalue weighted by Crippen LogP contribution is 2.39. The van der Waals surface area contributed by atoms with E-state index >= 15 is 0 Å². The number of benzene rings is 1. The van der Waals surface area contributed by atoms with Gasteiger partial charge in [-0.05, 0) is 43.7 Å². The average Bonchev–Trinajstić information content (AvgIpc) is 3.59. The summed E-state index contributed by atoms with van der Waals surface area (Å²) in [4.78, 5) is 21.3. The summed E-state index contributed by atoms with van der Waals surface area (Å²) in [6.07, 6.45) is 8.19. The van der Waals surface area contributed by atoms with Crippen LogP contribution in [-0.2, 0) is 9.47 Å². The number of methoxy groups -OCH3 is 1. The minimum atomic E-state index is 0.0441. The van der Waals surface area contributed by atoms with Crippen molar-refractivity contribution in [2.75, 3.05) is 60.1 Å². The lowest BCUT2D eigenvalue weighted by atomic mass is 10.0. The van der Waals surface area contributed by atoms with Crippen molar-refractivity contribution >= 4 is 32.5 Å². The molecule has 0 amide bonds. The molecule has 2 atom stereocenters. The van der Waals surface area contributed by atoms with E-state index < -0.39 is 0 Å². The van der Waals surface area contributed by atoms with Crippen LogP contribution in [0.25, 0.3) is 21.1 Å². The molecule has 0 saturated carbocycles. The number of fused-ring (bicyclic) bond motifs is 2. The van der Waals surface area contributed by atoms with Crippen molar-refractivity contribution in [3.8, 4) is 0 Å². The normalized spacial score (nSPS) is 21.3. The molecule has 1 aromatic carbocycles. The number of ether oxygens (including phenoxy) is 2. The van der Waals surface area contributed by atoms with E-state index in [4.69, 9.17) is 9.47 Å². The quantitative estimate of drug-likeness (QED) is 0.372. The Hall–Kier alpha value is -2.40. The standard InChI is InChI=1S/C28H36N6O2S/c1-32(12-14-35-2)20-7-10-33(11-8-20)28(26-16-24-27(37-26)17-29-19-31-24)34-13-15-36-25(18-34)22-4-3-5-23-21(22)6-9-30-23/h3-6,9,16-17,19-20,25,28,30H,7-8,10-15,18H2,1-2H3. The summed E-state index contributed by atoms with van der Waals surface area (Å²) in [5.41, 5.74) is 3.47. The Kier molecular flexibility index (Phi) is 7.50. The highest BCUT2D eigenvalue weighted by atomic mass is 32.1.